The number of aliphatic hydroxyl groups is 3. The van der Waals surface area contributed by atoms with Crippen LogP contribution in [0.1, 0.15) is 233 Å². The van der Waals surface area contributed by atoms with Crippen molar-refractivity contribution in [1.82, 2.24) is 0 Å². The minimum absolute atomic E-state index is 0.00350. The van der Waals surface area contributed by atoms with E-state index in [2.05, 4.69) is 124 Å². The third-order valence-corrected chi connectivity index (χ3v) is 27.7. The normalized spacial score (nSPS) is 40.7. The lowest BCUT2D eigenvalue weighted by Crippen LogP contribution is -2.77. The summed E-state index contributed by atoms with van der Waals surface area (Å²) in [4.78, 5) is 27.8. The number of esters is 2. The van der Waals surface area contributed by atoms with Crippen LogP contribution in [-0.2, 0) is 30.9 Å². The summed E-state index contributed by atoms with van der Waals surface area (Å²) in [7, 11) is 0. The van der Waals surface area contributed by atoms with Crippen molar-refractivity contribution in [3.05, 3.63) is 130 Å². The highest BCUT2D eigenvalue weighted by Crippen LogP contribution is 2.82. The number of carbonyl (C=O) groups is 2. The van der Waals surface area contributed by atoms with Gasteiger partial charge < -0.3 is 24.8 Å². The average molecular weight is 1160 g/mol. The second kappa shape index (κ2) is 22.0. The summed E-state index contributed by atoms with van der Waals surface area (Å²) in [5.41, 5.74) is 5.29. The van der Waals surface area contributed by atoms with E-state index in [0.717, 1.165) is 82.6 Å². The van der Waals surface area contributed by atoms with Crippen LogP contribution in [0.15, 0.2) is 103 Å². The van der Waals surface area contributed by atoms with E-state index in [1.165, 1.54) is 68.7 Å². The average Bonchev–Trinajstić information content (AvgIpc) is 1.28. The molecular weight excluding hydrogens is 1060 g/mol. The number of hydrogen-bond acceptors (Lipinski definition) is 7. The topological polar surface area (TPSA) is 113 Å². The van der Waals surface area contributed by atoms with Gasteiger partial charge in [-0.1, -0.05) is 156 Å². The van der Waals surface area contributed by atoms with Crippen molar-refractivity contribution < 1.29 is 34.4 Å². The van der Waals surface area contributed by atoms with Crippen LogP contribution in [0.5, 0.6) is 0 Å². The van der Waals surface area contributed by atoms with Crippen LogP contribution in [0.25, 0.3) is 10.8 Å². The Kier molecular flexibility index (Phi) is 14.8. The van der Waals surface area contributed by atoms with Crippen LogP contribution in [-0.4, -0.2) is 57.8 Å². The van der Waals surface area contributed by atoms with Gasteiger partial charge in [-0.15, -0.1) is 5.92 Å². The molecule has 4 aromatic carbocycles. The highest BCUT2D eigenvalue weighted by molar-refractivity contribution is 5.93. The summed E-state index contributed by atoms with van der Waals surface area (Å²) in [6, 6.07) is 35.1. The molecule has 11 aliphatic rings. The van der Waals surface area contributed by atoms with E-state index in [0.29, 0.717) is 61.7 Å². The van der Waals surface area contributed by atoms with E-state index in [9.17, 15) is 20.1 Å². The van der Waals surface area contributed by atoms with Crippen molar-refractivity contribution in [2.75, 3.05) is 6.61 Å². The van der Waals surface area contributed by atoms with Gasteiger partial charge in [-0.2, -0.15) is 0 Å². The molecule has 0 aromatic heterocycles. The van der Waals surface area contributed by atoms with E-state index in [-0.39, 0.29) is 64.9 Å². The molecule has 7 heteroatoms. The maximum Gasteiger partial charge on any atom is 0.331 e. The number of rotatable bonds is 15. The van der Waals surface area contributed by atoms with Crippen molar-refractivity contribution in [1.29, 1.82) is 0 Å². The molecule has 0 saturated heterocycles. The fourth-order valence-corrected chi connectivity index (χ4v) is 24.2. The van der Waals surface area contributed by atoms with E-state index in [1.54, 1.807) is 33.7 Å². The first kappa shape index (κ1) is 57.7. The smallest absolute Gasteiger partial charge is 0.331 e. The van der Waals surface area contributed by atoms with Crippen LogP contribution in [0.2, 0.25) is 0 Å². The molecule has 0 amide bonds. The lowest BCUT2D eigenvalue weighted by Gasteiger charge is -2.71. The Morgan fingerprint density at radius 2 is 1.59 bits per heavy atom. The molecule has 0 radical (unpaired) electrons. The van der Waals surface area contributed by atoms with Crippen LogP contribution < -0.4 is 0 Å². The van der Waals surface area contributed by atoms with Gasteiger partial charge in [0.05, 0.1) is 29.1 Å². The van der Waals surface area contributed by atoms with Crippen molar-refractivity contribution in [3.63, 3.8) is 0 Å². The number of ether oxygens (including phenoxy) is 2. The van der Waals surface area contributed by atoms with Gasteiger partial charge in [0.1, 0.15) is 12.7 Å². The molecule has 1 aliphatic heterocycles. The molecule has 86 heavy (non-hydrogen) atoms. The molecule has 4 bridgehead atoms. The summed E-state index contributed by atoms with van der Waals surface area (Å²) in [6.45, 7) is 7.07. The highest BCUT2D eigenvalue weighted by Gasteiger charge is 2.77. The van der Waals surface area contributed by atoms with Crippen LogP contribution in [0.4, 0.5) is 0 Å². The van der Waals surface area contributed by atoms with Crippen molar-refractivity contribution in [2.45, 2.75) is 241 Å². The fraction of sp³-hybridized carbons (Fsp3) is 0.646. The van der Waals surface area contributed by atoms with Crippen LogP contribution in [0.3, 0.4) is 0 Å². The van der Waals surface area contributed by atoms with Crippen molar-refractivity contribution >= 4 is 22.7 Å². The summed E-state index contributed by atoms with van der Waals surface area (Å²) < 4.78 is 12.8. The molecule has 19 unspecified atom stereocenters. The Hall–Kier alpha value is -4.74. The standard InChI is InChI=1S/C79H98O7/c1-50(18-15-21-52-19-7-4-8-20-52)31-34-66(80)79-67(81)37-39-74(3,72(79)65(86-73(83)56-23-9-5-10-24-56)42-51(2)78(79,84)41-36-54-43-68(82)85-48-54)62-44-63-59-29-17-25-55-32-33-60-61-30-13-14-38-76(61,58-27-11-6-12-28-58)47-64-71(70(60)69(55)59)77(63)46-57(62)26-16-22-53-35-40-75(64,45-53)49-77/h4,6-8,11-12,17,19-20,25,27-29,32-33,43,50-51,53,56-57,61-67,71-72,80-81,84H,5,9-10,13-15,18,21-24,30-31,34-42,44-49H2,1-3H3. The van der Waals surface area contributed by atoms with Gasteiger partial charge in [-0.3, -0.25) is 4.79 Å². The molecule has 7 fully saturated rings. The Balaban J connectivity index is 0.889. The first-order valence-corrected chi connectivity index (χ1v) is 35.0. The Labute approximate surface area is 513 Å². The van der Waals surface area contributed by atoms with E-state index >= 15 is 4.79 Å². The van der Waals surface area contributed by atoms with Gasteiger partial charge in [0.25, 0.3) is 0 Å². The van der Waals surface area contributed by atoms with E-state index in [4.69, 9.17) is 9.47 Å². The minimum Gasteiger partial charge on any atom is -0.462 e. The van der Waals surface area contributed by atoms with Crippen molar-refractivity contribution in [2.24, 2.45) is 69.0 Å². The van der Waals surface area contributed by atoms with Crippen LogP contribution in [0, 0.1) is 80.8 Å². The van der Waals surface area contributed by atoms with Gasteiger partial charge >= 0.3 is 11.9 Å². The zero-order valence-electron chi connectivity index (χ0n) is 52.1. The Bertz CT molecular complexity index is 3310. The molecule has 10 aliphatic carbocycles. The number of aliphatic hydroxyl groups excluding tert-OH is 2. The maximum absolute atomic E-state index is 15.2. The number of cyclic esters (lactones) is 1. The summed E-state index contributed by atoms with van der Waals surface area (Å²) in [5, 5.41) is 45.3. The largest absolute Gasteiger partial charge is 0.462 e. The van der Waals surface area contributed by atoms with E-state index < -0.39 is 46.6 Å². The molecule has 19 atom stereocenters. The fourth-order valence-electron chi connectivity index (χ4n) is 24.2. The first-order chi connectivity index (χ1) is 41.7. The Morgan fingerprint density at radius 3 is 2.40 bits per heavy atom. The zero-order valence-corrected chi connectivity index (χ0v) is 52.1. The minimum atomic E-state index is -1.59. The number of aryl methyl sites for hydroxylation is 1. The highest BCUT2D eigenvalue weighted by atomic mass is 16.5. The van der Waals surface area contributed by atoms with Gasteiger partial charge in [0.15, 0.2) is 0 Å². The van der Waals surface area contributed by atoms with Gasteiger partial charge in [0, 0.05) is 29.7 Å². The number of fused-ring (bicyclic) bond motifs is 6. The third kappa shape index (κ3) is 8.85. The molecule has 1 heterocycles. The molecule has 3 N–H and O–H groups in total. The second-order valence-electron chi connectivity index (χ2n) is 31.6. The molecule has 4 aromatic rings. The Morgan fingerprint density at radius 1 is 0.791 bits per heavy atom. The maximum atomic E-state index is 15.2. The molecule has 456 valence electrons. The van der Waals surface area contributed by atoms with Gasteiger partial charge in [-0.25, -0.2) is 4.79 Å². The van der Waals surface area contributed by atoms with Crippen LogP contribution >= 0.6 is 0 Å². The van der Waals surface area contributed by atoms with E-state index in [1.807, 2.05) is 0 Å². The molecule has 15 rings (SSSR count). The first-order valence-electron chi connectivity index (χ1n) is 35.0. The lowest BCUT2D eigenvalue weighted by molar-refractivity contribution is -0.329. The third-order valence-electron chi connectivity index (χ3n) is 27.7. The predicted molar refractivity (Wildman–Crippen MR) is 339 cm³/mol. The van der Waals surface area contributed by atoms with Gasteiger partial charge in [0.2, 0.25) is 0 Å². The quantitative estimate of drug-likeness (QED) is 0.0803. The monoisotopic (exact) mass is 1160 g/mol. The molecular formula is C79H98O7. The zero-order chi connectivity index (χ0) is 58.8. The summed E-state index contributed by atoms with van der Waals surface area (Å²) in [5.74, 6) is 9.26. The van der Waals surface area contributed by atoms with Gasteiger partial charge in [-0.05, 0) is 236 Å². The number of benzene rings is 4. The molecule has 2 spiro atoms. The summed E-state index contributed by atoms with van der Waals surface area (Å²) in [6.07, 6.45) is 24.3. The number of carbonyl (C=O) groups excluding carboxylic acids is 2. The lowest BCUT2D eigenvalue weighted by atomic mass is 9.35. The summed E-state index contributed by atoms with van der Waals surface area (Å²) >= 11 is 0. The predicted octanol–water partition coefficient (Wildman–Crippen LogP) is 16.3. The molecule has 7 nitrogen and oxygen atoms in total. The van der Waals surface area contributed by atoms with Crippen molar-refractivity contribution in [3.8, 4) is 11.8 Å². The number of hydrogen-bond donors (Lipinski definition) is 3. The second-order valence-corrected chi connectivity index (χ2v) is 31.6. The SMILES string of the molecule is CC(CCCc1ccccc1)CCC(O)C12C(O)CCC(C)(C3CC4c5cccc6ccc7c(c56)C5C(CC6(c8ccccc8)CCCCC76)C67CCC(CC#CC3CC45C6)C7)C1C(OC(=O)C1CCCCC1)CC(C)C2(O)CCC1=CC(=O)OC1. The molecule has 7 saturated carbocycles.